The van der Waals surface area contributed by atoms with Crippen molar-refractivity contribution in [2.75, 3.05) is 25.1 Å². The van der Waals surface area contributed by atoms with Crippen molar-refractivity contribution in [3.63, 3.8) is 0 Å². The highest BCUT2D eigenvalue weighted by molar-refractivity contribution is 5.97. The summed E-state index contributed by atoms with van der Waals surface area (Å²) >= 11 is 0. The summed E-state index contributed by atoms with van der Waals surface area (Å²) in [5, 5.41) is 3.96. The molecule has 7 nitrogen and oxygen atoms in total. The highest BCUT2D eigenvalue weighted by Gasteiger charge is 2.57. The molecule has 1 aliphatic carbocycles. The first-order valence-electron chi connectivity index (χ1n) is 8.64. The van der Waals surface area contributed by atoms with Crippen LogP contribution in [-0.4, -0.2) is 42.1 Å². The molecule has 3 atom stereocenters. The van der Waals surface area contributed by atoms with Gasteiger partial charge in [-0.2, -0.15) is 0 Å². The van der Waals surface area contributed by atoms with Gasteiger partial charge in [0.25, 0.3) is 5.91 Å². The van der Waals surface area contributed by atoms with E-state index in [0.29, 0.717) is 28.9 Å². The van der Waals surface area contributed by atoms with Gasteiger partial charge in [-0.05, 0) is 18.2 Å². The quantitative estimate of drug-likeness (QED) is 0.776. The summed E-state index contributed by atoms with van der Waals surface area (Å²) in [5.41, 5.74) is 0.601. The molecule has 132 valence electrons. The average Bonchev–Trinajstić information content (AvgIpc) is 3.08. The van der Waals surface area contributed by atoms with Gasteiger partial charge >= 0.3 is 0 Å². The Morgan fingerprint density at radius 3 is 2.73 bits per heavy atom. The van der Waals surface area contributed by atoms with Gasteiger partial charge in [-0.25, -0.2) is 9.97 Å². The number of fused-ring (bicyclic) bond motifs is 2. The van der Waals surface area contributed by atoms with Crippen molar-refractivity contribution in [1.29, 1.82) is 0 Å². The van der Waals surface area contributed by atoms with Gasteiger partial charge in [-0.1, -0.05) is 12.1 Å². The Kier molecular flexibility index (Phi) is 3.34. The lowest BCUT2D eigenvalue weighted by molar-refractivity contribution is 0.0921. The third-order valence-corrected chi connectivity index (χ3v) is 5.28. The number of nitrogens with one attached hydrogen (secondary N) is 1. The maximum atomic E-state index is 12.6. The summed E-state index contributed by atoms with van der Waals surface area (Å²) < 4.78 is 11.0. The molecular weight excluding hydrogens is 332 g/mol. The maximum Gasteiger partial charge on any atom is 0.287 e. The summed E-state index contributed by atoms with van der Waals surface area (Å²) in [5.74, 6) is 2.42. The molecule has 1 saturated heterocycles. The number of hydrogen-bond donors (Lipinski definition) is 1. The standard InChI is InChI=1S/C19H18N4O3/c1-25-14-5-2-4-11-8-15(26-17(11)14)18(24)22-16-12-9-23(10-13(12)16)19-20-6-3-7-21-19/h2-8,12-13,16H,9-10H2,1H3,(H,22,24)/t12-,13+,16?. The molecule has 2 fully saturated rings. The van der Waals surface area contributed by atoms with Crippen LogP contribution in [0.15, 0.2) is 47.1 Å². The molecule has 2 aromatic heterocycles. The van der Waals surface area contributed by atoms with Gasteiger partial charge in [-0.15, -0.1) is 0 Å². The number of methoxy groups -OCH3 is 1. The van der Waals surface area contributed by atoms with E-state index in [-0.39, 0.29) is 11.9 Å². The van der Waals surface area contributed by atoms with Gasteiger partial charge in [0.1, 0.15) is 0 Å². The third kappa shape index (κ3) is 2.39. The van der Waals surface area contributed by atoms with E-state index in [1.165, 1.54) is 0 Å². The largest absolute Gasteiger partial charge is 0.493 e. The first-order chi connectivity index (χ1) is 12.7. The van der Waals surface area contributed by atoms with E-state index in [0.717, 1.165) is 24.4 Å². The minimum absolute atomic E-state index is 0.176. The van der Waals surface area contributed by atoms with E-state index in [2.05, 4.69) is 20.2 Å². The number of furan rings is 1. The van der Waals surface area contributed by atoms with Crippen molar-refractivity contribution >= 4 is 22.8 Å². The fourth-order valence-corrected chi connectivity index (χ4v) is 3.89. The minimum Gasteiger partial charge on any atom is -0.493 e. The second-order valence-corrected chi connectivity index (χ2v) is 6.77. The lowest BCUT2D eigenvalue weighted by Crippen LogP contribution is -2.35. The molecule has 1 unspecified atom stereocenters. The number of ether oxygens (including phenoxy) is 1. The number of piperidine rings is 1. The van der Waals surface area contributed by atoms with E-state index in [9.17, 15) is 4.79 Å². The number of carbonyl (C=O) groups excluding carboxylic acids is 1. The van der Waals surface area contributed by atoms with Crippen LogP contribution in [-0.2, 0) is 0 Å². The molecule has 0 spiro atoms. The number of amides is 1. The zero-order valence-electron chi connectivity index (χ0n) is 14.3. The van der Waals surface area contributed by atoms with E-state index in [1.807, 2.05) is 24.3 Å². The molecule has 1 saturated carbocycles. The van der Waals surface area contributed by atoms with Gasteiger partial charge in [0.2, 0.25) is 5.95 Å². The van der Waals surface area contributed by atoms with Crippen molar-refractivity contribution in [1.82, 2.24) is 15.3 Å². The topological polar surface area (TPSA) is 80.5 Å². The fraction of sp³-hybridized carbons (Fsp3) is 0.316. The molecule has 2 aliphatic rings. The van der Waals surface area contributed by atoms with E-state index in [4.69, 9.17) is 9.15 Å². The van der Waals surface area contributed by atoms with Gasteiger partial charge < -0.3 is 19.4 Å². The van der Waals surface area contributed by atoms with Gasteiger partial charge in [0.15, 0.2) is 17.1 Å². The number of rotatable bonds is 4. The molecule has 0 radical (unpaired) electrons. The normalized spacial score (nSPS) is 23.7. The molecule has 0 bridgehead atoms. The van der Waals surface area contributed by atoms with Crippen molar-refractivity contribution in [3.05, 3.63) is 48.5 Å². The maximum absolute atomic E-state index is 12.6. The summed E-state index contributed by atoms with van der Waals surface area (Å²) in [4.78, 5) is 23.3. The van der Waals surface area contributed by atoms with Crippen molar-refractivity contribution in [3.8, 4) is 5.75 Å². The summed E-state index contributed by atoms with van der Waals surface area (Å²) in [6.07, 6.45) is 3.50. The number of hydrogen-bond acceptors (Lipinski definition) is 6. The van der Waals surface area contributed by atoms with Crippen LogP contribution in [0.25, 0.3) is 11.0 Å². The van der Waals surface area contributed by atoms with Gasteiger partial charge in [0.05, 0.1) is 7.11 Å². The number of anilines is 1. The molecular formula is C19H18N4O3. The monoisotopic (exact) mass is 350 g/mol. The molecule has 26 heavy (non-hydrogen) atoms. The van der Waals surface area contributed by atoms with Crippen LogP contribution in [0.1, 0.15) is 10.6 Å². The predicted octanol–water partition coefficient (Wildman–Crippen LogP) is 2.10. The Hall–Kier alpha value is -3.09. The number of aromatic nitrogens is 2. The van der Waals surface area contributed by atoms with E-state index in [1.54, 1.807) is 25.6 Å². The Morgan fingerprint density at radius 1 is 1.23 bits per heavy atom. The lowest BCUT2D eigenvalue weighted by Gasteiger charge is -2.19. The minimum atomic E-state index is -0.176. The summed E-state index contributed by atoms with van der Waals surface area (Å²) in [6, 6.07) is 9.36. The molecule has 1 N–H and O–H groups in total. The first-order valence-corrected chi connectivity index (χ1v) is 8.64. The van der Waals surface area contributed by atoms with E-state index < -0.39 is 0 Å². The second kappa shape index (κ2) is 5.72. The highest BCUT2D eigenvalue weighted by Crippen LogP contribution is 2.46. The molecule has 3 heterocycles. The fourth-order valence-electron chi connectivity index (χ4n) is 3.89. The SMILES string of the molecule is COc1cccc2cc(C(=O)NC3[C@H]4CN(c5ncccn5)C[C@@H]34)oc12. The van der Waals surface area contributed by atoms with Crippen LogP contribution >= 0.6 is 0 Å². The number of benzene rings is 1. The van der Waals surface area contributed by atoms with Gasteiger partial charge in [-0.3, -0.25) is 4.79 Å². The molecule has 7 heteroatoms. The average molecular weight is 350 g/mol. The molecule has 1 aromatic carbocycles. The Labute approximate surface area is 150 Å². The number of carbonyl (C=O) groups is 1. The third-order valence-electron chi connectivity index (χ3n) is 5.28. The van der Waals surface area contributed by atoms with Crippen LogP contribution in [0.2, 0.25) is 0 Å². The smallest absolute Gasteiger partial charge is 0.287 e. The molecule has 3 aromatic rings. The molecule has 5 rings (SSSR count). The van der Waals surface area contributed by atoms with Crippen LogP contribution in [0.3, 0.4) is 0 Å². The lowest BCUT2D eigenvalue weighted by atomic mass is 10.2. The van der Waals surface area contributed by atoms with Crippen LogP contribution in [0, 0.1) is 11.8 Å². The van der Waals surface area contributed by atoms with Gasteiger partial charge in [0, 0.05) is 48.7 Å². The van der Waals surface area contributed by atoms with Crippen LogP contribution in [0.4, 0.5) is 5.95 Å². The van der Waals surface area contributed by atoms with E-state index >= 15 is 0 Å². The van der Waals surface area contributed by atoms with Crippen molar-refractivity contribution < 1.29 is 13.9 Å². The predicted molar refractivity (Wildman–Crippen MR) is 95.2 cm³/mol. The van der Waals surface area contributed by atoms with Crippen LogP contribution in [0.5, 0.6) is 5.75 Å². The zero-order chi connectivity index (χ0) is 17.7. The number of para-hydroxylation sites is 1. The zero-order valence-corrected chi connectivity index (χ0v) is 14.3. The van der Waals surface area contributed by atoms with Crippen LogP contribution < -0.4 is 15.0 Å². The Balaban J connectivity index is 1.26. The second-order valence-electron chi connectivity index (χ2n) is 6.77. The summed E-state index contributed by atoms with van der Waals surface area (Å²) in [7, 11) is 1.59. The highest BCUT2D eigenvalue weighted by atomic mass is 16.5. The van der Waals surface area contributed by atoms with Crippen molar-refractivity contribution in [2.45, 2.75) is 6.04 Å². The molecule has 1 amide bonds. The Bertz CT molecular complexity index is 959. The number of nitrogens with zero attached hydrogens (tertiary/aromatic N) is 3. The Morgan fingerprint density at radius 2 is 2.00 bits per heavy atom. The van der Waals surface area contributed by atoms with Crippen molar-refractivity contribution in [2.24, 2.45) is 11.8 Å². The molecule has 1 aliphatic heterocycles. The summed E-state index contributed by atoms with van der Waals surface area (Å²) in [6.45, 7) is 1.74. The first kappa shape index (κ1) is 15.2.